The normalized spacial score (nSPS) is 10.6. The molecule has 0 aliphatic heterocycles. The smallest absolute Gasteiger partial charge is 0.0822 e. The molecule has 0 fully saturated rings. The van der Waals surface area contributed by atoms with E-state index in [0.717, 1.165) is 18.4 Å². The summed E-state index contributed by atoms with van der Waals surface area (Å²) in [5.74, 6) is 0. The molecule has 0 unspecified atom stereocenters. The third kappa shape index (κ3) is 3.32. The summed E-state index contributed by atoms with van der Waals surface area (Å²) in [4.78, 5) is 0. The molecule has 0 aromatic heterocycles. The van der Waals surface area contributed by atoms with Gasteiger partial charge < -0.3 is 0 Å². The predicted molar refractivity (Wildman–Crippen MR) is 60.0 cm³/mol. The van der Waals surface area contributed by atoms with Crippen molar-refractivity contribution in [3.05, 3.63) is 32.8 Å². The maximum Gasteiger partial charge on any atom is 0.0822 e. The zero-order chi connectivity index (χ0) is 10.6. The van der Waals surface area contributed by atoms with Crippen LogP contribution in [0.2, 0.25) is 15.1 Å². The number of hydrogen-bond donors (Lipinski definition) is 0. The molecule has 0 saturated heterocycles. The fourth-order valence-electron chi connectivity index (χ4n) is 1.21. The van der Waals surface area contributed by atoms with Gasteiger partial charge in [-0.2, -0.15) is 0 Å². The Kier molecular flexibility index (Phi) is 5.04. The van der Waals surface area contributed by atoms with Gasteiger partial charge >= 0.3 is 0 Å². The van der Waals surface area contributed by atoms with Crippen molar-refractivity contribution in [1.82, 2.24) is 0 Å². The highest BCUT2D eigenvalue weighted by Gasteiger charge is 2.07. The van der Waals surface area contributed by atoms with E-state index in [1.165, 1.54) is 0 Å². The quantitative estimate of drug-likeness (QED) is 0.708. The molecule has 0 bridgehead atoms. The Bertz CT molecular complexity index is 289. The van der Waals surface area contributed by atoms with Crippen LogP contribution in [0, 0.1) is 0 Å². The van der Waals surface area contributed by atoms with E-state index in [1.54, 1.807) is 12.1 Å². The Morgan fingerprint density at radius 3 is 2.07 bits per heavy atom. The van der Waals surface area contributed by atoms with Gasteiger partial charge in [-0.3, -0.25) is 0 Å². The van der Waals surface area contributed by atoms with E-state index < -0.39 is 0 Å². The van der Waals surface area contributed by atoms with Gasteiger partial charge in [0.05, 0.1) is 6.61 Å². The molecule has 1 rings (SSSR count). The minimum absolute atomic E-state index is 0.0528. The Balaban J connectivity index is 2.75. The Morgan fingerprint density at radius 2 is 1.57 bits per heavy atom. The number of hydrogen-bond acceptors (Lipinski definition) is 0. The third-order valence-electron chi connectivity index (χ3n) is 1.93. The van der Waals surface area contributed by atoms with Gasteiger partial charge in [0.15, 0.2) is 0 Å². The van der Waals surface area contributed by atoms with Crippen molar-refractivity contribution >= 4 is 34.8 Å². The molecule has 0 spiro atoms. The first-order chi connectivity index (χ1) is 6.65. The molecule has 0 heterocycles. The monoisotopic (exact) mass is 251 g/mol. The van der Waals surface area contributed by atoms with Gasteiger partial charge in [-0.15, -0.1) is 0 Å². The average molecular weight is 253 g/mol. The van der Waals surface area contributed by atoms with E-state index in [0.29, 0.717) is 21.5 Å². The molecule has 1 nitrogen and oxygen atoms in total. The number of halogens is 3. The van der Waals surface area contributed by atoms with Crippen molar-refractivity contribution in [3.63, 3.8) is 0 Å². The van der Waals surface area contributed by atoms with Gasteiger partial charge in [0, 0.05) is 15.1 Å². The van der Waals surface area contributed by atoms with E-state index in [-0.39, 0.29) is 6.61 Å². The second kappa shape index (κ2) is 5.82. The maximum absolute atomic E-state index is 10.3. The van der Waals surface area contributed by atoms with E-state index in [2.05, 4.69) is 0 Å². The summed E-state index contributed by atoms with van der Waals surface area (Å²) in [7, 11) is 0. The van der Waals surface area contributed by atoms with Gasteiger partial charge in [0.25, 0.3) is 0 Å². The lowest BCUT2D eigenvalue weighted by Gasteiger charge is -2.06. The van der Waals surface area contributed by atoms with Crippen molar-refractivity contribution in [2.24, 2.45) is 0 Å². The van der Waals surface area contributed by atoms with Crippen LogP contribution in [0.15, 0.2) is 12.1 Å². The summed E-state index contributed by atoms with van der Waals surface area (Å²) in [5.41, 5.74) is 0.881. The molecule has 1 radical (unpaired) electrons. The zero-order valence-electron chi connectivity index (χ0n) is 7.53. The van der Waals surface area contributed by atoms with Gasteiger partial charge in [0.1, 0.15) is 0 Å². The first-order valence-corrected chi connectivity index (χ1v) is 5.50. The van der Waals surface area contributed by atoms with Gasteiger partial charge in [-0.05, 0) is 37.0 Å². The van der Waals surface area contributed by atoms with Crippen LogP contribution in [0.3, 0.4) is 0 Å². The summed E-state index contributed by atoms with van der Waals surface area (Å²) in [6, 6.07) is 3.34. The molecule has 77 valence electrons. The maximum atomic E-state index is 10.3. The van der Waals surface area contributed by atoms with Gasteiger partial charge in [-0.25, -0.2) is 5.11 Å². The highest BCUT2D eigenvalue weighted by molar-refractivity contribution is 6.39. The summed E-state index contributed by atoms with van der Waals surface area (Å²) in [6.45, 7) is -0.0528. The summed E-state index contributed by atoms with van der Waals surface area (Å²) in [6.07, 6.45) is 2.19. The minimum Gasteiger partial charge on any atom is -0.237 e. The fourth-order valence-corrected chi connectivity index (χ4v) is 2.22. The third-order valence-corrected chi connectivity index (χ3v) is 2.82. The Labute approximate surface area is 98.6 Å². The number of unbranched alkanes of at least 4 members (excludes halogenated alkanes) is 1. The van der Waals surface area contributed by atoms with Crippen molar-refractivity contribution in [2.45, 2.75) is 19.3 Å². The van der Waals surface area contributed by atoms with Crippen LogP contribution in [0.25, 0.3) is 0 Å². The lowest BCUT2D eigenvalue weighted by Crippen LogP contribution is -1.90. The molecule has 4 heteroatoms. The Morgan fingerprint density at radius 1 is 1.00 bits per heavy atom. The van der Waals surface area contributed by atoms with E-state index in [4.69, 9.17) is 34.8 Å². The summed E-state index contributed by atoms with van der Waals surface area (Å²) >= 11 is 17.7. The topological polar surface area (TPSA) is 19.9 Å². The molecule has 14 heavy (non-hydrogen) atoms. The van der Waals surface area contributed by atoms with Crippen LogP contribution in [0.5, 0.6) is 0 Å². The molecule has 1 aromatic rings. The van der Waals surface area contributed by atoms with Crippen molar-refractivity contribution < 1.29 is 5.11 Å². The molecular weight excluding hydrogens is 242 g/mol. The van der Waals surface area contributed by atoms with Crippen LogP contribution in [-0.4, -0.2) is 6.61 Å². The molecule has 0 N–H and O–H groups in total. The fraction of sp³-hybridized carbons (Fsp3) is 0.400. The largest absolute Gasteiger partial charge is 0.237 e. The molecule has 0 atom stereocenters. The van der Waals surface area contributed by atoms with E-state index >= 15 is 0 Å². The highest BCUT2D eigenvalue weighted by Crippen LogP contribution is 2.30. The number of rotatable bonds is 4. The second-order valence-electron chi connectivity index (χ2n) is 3.01. The van der Waals surface area contributed by atoms with Crippen LogP contribution >= 0.6 is 34.8 Å². The predicted octanol–water partition coefficient (Wildman–Crippen LogP) is 4.40. The first kappa shape index (κ1) is 12.1. The molecule has 0 aliphatic rings. The molecule has 0 amide bonds. The zero-order valence-corrected chi connectivity index (χ0v) is 9.79. The molecule has 1 aromatic carbocycles. The standard InChI is InChI=1S/C10H10Cl3O/c11-7-5-9(12)8(10(13)6-7)3-1-2-4-14/h5-6H,1-4H2. The van der Waals surface area contributed by atoms with Gasteiger partial charge in [-0.1, -0.05) is 34.8 Å². The van der Waals surface area contributed by atoms with Crippen molar-refractivity contribution in [3.8, 4) is 0 Å². The SMILES string of the molecule is [O]CCCCc1c(Cl)cc(Cl)cc1Cl. The number of benzene rings is 1. The second-order valence-corrected chi connectivity index (χ2v) is 4.26. The average Bonchev–Trinajstić information content (AvgIpc) is 2.09. The van der Waals surface area contributed by atoms with E-state index in [1.807, 2.05) is 0 Å². The van der Waals surface area contributed by atoms with Crippen LogP contribution in [0.4, 0.5) is 0 Å². The molecule has 0 aliphatic carbocycles. The minimum atomic E-state index is -0.0528. The Hall–Kier alpha value is 0.0500. The lowest BCUT2D eigenvalue weighted by atomic mass is 10.1. The van der Waals surface area contributed by atoms with Crippen LogP contribution in [-0.2, 0) is 11.5 Å². The molecule has 0 saturated carbocycles. The lowest BCUT2D eigenvalue weighted by molar-refractivity contribution is 0.187. The van der Waals surface area contributed by atoms with Crippen molar-refractivity contribution in [2.75, 3.05) is 6.61 Å². The van der Waals surface area contributed by atoms with E-state index in [9.17, 15) is 5.11 Å². The summed E-state index contributed by atoms with van der Waals surface area (Å²) in [5, 5.41) is 11.9. The van der Waals surface area contributed by atoms with Gasteiger partial charge in [0.2, 0.25) is 0 Å². The molecular formula is C10H10Cl3O. The first-order valence-electron chi connectivity index (χ1n) is 4.36. The van der Waals surface area contributed by atoms with Crippen molar-refractivity contribution in [1.29, 1.82) is 0 Å². The van der Waals surface area contributed by atoms with Crippen LogP contribution in [0.1, 0.15) is 18.4 Å². The van der Waals surface area contributed by atoms with Crippen LogP contribution < -0.4 is 0 Å². The highest BCUT2D eigenvalue weighted by atomic mass is 35.5. The summed E-state index contributed by atoms with van der Waals surface area (Å²) < 4.78 is 0.